The minimum absolute atomic E-state index is 0.0557. The second-order valence-corrected chi connectivity index (χ2v) is 5.99. The molecule has 0 aliphatic heterocycles. The number of benzene rings is 2. The Morgan fingerprint density at radius 2 is 2.00 bits per heavy atom. The van der Waals surface area contributed by atoms with Gasteiger partial charge in [0.15, 0.2) is 0 Å². The fourth-order valence-corrected chi connectivity index (χ4v) is 3.05. The van der Waals surface area contributed by atoms with Crippen LogP contribution in [0.5, 0.6) is 5.75 Å². The summed E-state index contributed by atoms with van der Waals surface area (Å²) in [7, 11) is 0. The van der Waals surface area contributed by atoms with Crippen LogP contribution in [0.2, 0.25) is 0 Å². The third-order valence-corrected chi connectivity index (χ3v) is 4.32. The van der Waals surface area contributed by atoms with Crippen molar-refractivity contribution < 1.29 is 18.3 Å². The van der Waals surface area contributed by atoms with Gasteiger partial charge in [-0.2, -0.15) is 18.4 Å². The third-order valence-electron chi connectivity index (χ3n) is 3.25. The number of nitrogens with zero attached hydrogens (tertiary/aromatic N) is 2. The van der Waals surface area contributed by atoms with Crippen molar-refractivity contribution in [1.29, 1.82) is 5.26 Å². The molecule has 3 rings (SSSR count). The lowest BCUT2D eigenvalue weighted by Gasteiger charge is -2.04. The Morgan fingerprint density at radius 3 is 2.67 bits per heavy atom. The number of hydrogen-bond acceptors (Lipinski definition) is 4. The van der Waals surface area contributed by atoms with E-state index in [-0.39, 0.29) is 16.8 Å². The van der Waals surface area contributed by atoms with Gasteiger partial charge in [-0.05, 0) is 42.0 Å². The molecule has 1 N–H and O–H groups in total. The van der Waals surface area contributed by atoms with Gasteiger partial charge in [-0.3, -0.25) is 0 Å². The lowest BCUT2D eigenvalue weighted by Crippen LogP contribution is -2.03. The number of thiazole rings is 1. The van der Waals surface area contributed by atoms with Gasteiger partial charge in [-0.1, -0.05) is 12.1 Å². The summed E-state index contributed by atoms with van der Waals surface area (Å²) in [4.78, 5) is 4.14. The number of fused-ring (bicyclic) bond motifs is 1. The van der Waals surface area contributed by atoms with Crippen molar-refractivity contribution in [3.05, 3.63) is 58.6 Å². The number of phenols is 1. The molecule has 0 unspecified atom stereocenters. The molecule has 0 radical (unpaired) electrons. The van der Waals surface area contributed by atoms with E-state index in [1.807, 2.05) is 6.07 Å². The van der Waals surface area contributed by atoms with Crippen LogP contribution in [-0.4, -0.2) is 10.1 Å². The maximum absolute atomic E-state index is 12.8. The lowest BCUT2D eigenvalue weighted by atomic mass is 10.1. The van der Waals surface area contributed by atoms with Crippen molar-refractivity contribution in [3.63, 3.8) is 0 Å². The lowest BCUT2D eigenvalue weighted by molar-refractivity contribution is -0.137. The normalized spacial score (nSPS) is 12.3. The quantitative estimate of drug-likeness (QED) is 0.658. The molecule has 3 nitrogen and oxygen atoms in total. The molecule has 3 aromatic rings. The molecule has 120 valence electrons. The molecule has 0 atom stereocenters. The van der Waals surface area contributed by atoms with Gasteiger partial charge in [0, 0.05) is 0 Å². The van der Waals surface area contributed by atoms with Crippen LogP contribution in [0.1, 0.15) is 16.1 Å². The molecule has 0 amide bonds. The Morgan fingerprint density at radius 1 is 1.21 bits per heavy atom. The standard InChI is InChI=1S/C17H9F3N2OS/c18-17(19,20)12-4-5-15-14(8-12)22-16(24-15)11(9-21)6-10-2-1-3-13(23)7-10/h1-8,23H. The number of phenolic OH excluding ortho intramolecular Hbond substituents is 1. The molecule has 0 bridgehead atoms. The predicted octanol–water partition coefficient (Wildman–Crippen LogP) is 5.08. The molecule has 24 heavy (non-hydrogen) atoms. The van der Waals surface area contributed by atoms with E-state index in [4.69, 9.17) is 0 Å². The van der Waals surface area contributed by atoms with Crippen LogP contribution in [0, 0.1) is 11.3 Å². The van der Waals surface area contributed by atoms with Crippen molar-refractivity contribution in [2.45, 2.75) is 6.18 Å². The molecule has 0 saturated carbocycles. The first-order valence-corrected chi connectivity index (χ1v) is 7.57. The summed E-state index contributed by atoms with van der Waals surface area (Å²) in [6.07, 6.45) is -2.91. The Bertz CT molecular complexity index is 983. The van der Waals surface area contributed by atoms with Gasteiger partial charge in [-0.25, -0.2) is 4.98 Å². The minimum Gasteiger partial charge on any atom is -0.508 e. The van der Waals surface area contributed by atoms with E-state index in [9.17, 15) is 23.5 Å². The molecule has 1 heterocycles. The van der Waals surface area contributed by atoms with Crippen molar-refractivity contribution in [1.82, 2.24) is 4.98 Å². The summed E-state index contributed by atoms with van der Waals surface area (Å²) in [5.41, 5.74) is 0.237. The molecule has 7 heteroatoms. The molecule has 2 aromatic carbocycles. The summed E-state index contributed by atoms with van der Waals surface area (Å²) in [5, 5.41) is 19.1. The third kappa shape index (κ3) is 3.24. The van der Waals surface area contributed by atoms with Crippen molar-refractivity contribution in [3.8, 4) is 11.8 Å². The minimum atomic E-state index is -4.44. The van der Waals surface area contributed by atoms with Crippen LogP contribution in [0.4, 0.5) is 13.2 Å². The largest absolute Gasteiger partial charge is 0.508 e. The van der Waals surface area contributed by atoms with E-state index >= 15 is 0 Å². The van der Waals surface area contributed by atoms with Gasteiger partial charge in [0.1, 0.15) is 16.8 Å². The average Bonchev–Trinajstić information content (AvgIpc) is 2.94. The highest BCUT2D eigenvalue weighted by Crippen LogP contribution is 2.34. The van der Waals surface area contributed by atoms with Crippen LogP contribution in [0.15, 0.2) is 42.5 Å². The second-order valence-electron chi connectivity index (χ2n) is 4.96. The van der Waals surface area contributed by atoms with Gasteiger partial charge < -0.3 is 5.11 Å². The number of aromatic nitrogens is 1. The highest BCUT2D eigenvalue weighted by Gasteiger charge is 2.30. The van der Waals surface area contributed by atoms with E-state index < -0.39 is 11.7 Å². The predicted molar refractivity (Wildman–Crippen MR) is 86.2 cm³/mol. The highest BCUT2D eigenvalue weighted by atomic mass is 32.1. The number of aromatic hydroxyl groups is 1. The molecular formula is C17H9F3N2OS. The van der Waals surface area contributed by atoms with Crippen LogP contribution >= 0.6 is 11.3 Å². The molecule has 0 fully saturated rings. The zero-order valence-electron chi connectivity index (χ0n) is 12.0. The molecule has 0 aliphatic rings. The first-order valence-electron chi connectivity index (χ1n) is 6.76. The van der Waals surface area contributed by atoms with Gasteiger partial charge in [0.2, 0.25) is 0 Å². The average molecular weight is 346 g/mol. The van der Waals surface area contributed by atoms with Gasteiger partial charge in [0.05, 0.1) is 21.4 Å². The van der Waals surface area contributed by atoms with E-state index in [0.29, 0.717) is 15.3 Å². The van der Waals surface area contributed by atoms with Gasteiger partial charge in [-0.15, -0.1) is 11.3 Å². The molecule has 0 aliphatic carbocycles. The second kappa shape index (κ2) is 5.98. The molecule has 1 aromatic heterocycles. The number of hydrogen-bond donors (Lipinski definition) is 1. The first-order chi connectivity index (χ1) is 11.4. The monoisotopic (exact) mass is 346 g/mol. The maximum atomic E-state index is 12.8. The van der Waals surface area contributed by atoms with E-state index in [1.165, 1.54) is 24.3 Å². The fourth-order valence-electron chi connectivity index (χ4n) is 2.14. The number of rotatable bonds is 2. The van der Waals surface area contributed by atoms with Gasteiger partial charge in [0.25, 0.3) is 0 Å². The fraction of sp³-hybridized carbons (Fsp3) is 0.0588. The Kier molecular flexibility index (Phi) is 3.99. The SMILES string of the molecule is N#CC(=Cc1cccc(O)c1)c1nc2cc(C(F)(F)F)ccc2s1. The molecular weight excluding hydrogens is 337 g/mol. The Labute approximate surface area is 138 Å². The maximum Gasteiger partial charge on any atom is 0.416 e. The van der Waals surface area contributed by atoms with Gasteiger partial charge >= 0.3 is 6.18 Å². The van der Waals surface area contributed by atoms with Crippen molar-refractivity contribution >= 4 is 33.2 Å². The number of nitriles is 1. The summed E-state index contributed by atoms with van der Waals surface area (Å²) in [5.74, 6) is 0.0557. The van der Waals surface area contributed by atoms with Crippen LogP contribution < -0.4 is 0 Å². The molecule has 0 spiro atoms. The smallest absolute Gasteiger partial charge is 0.416 e. The highest BCUT2D eigenvalue weighted by molar-refractivity contribution is 7.19. The van der Waals surface area contributed by atoms with Crippen molar-refractivity contribution in [2.24, 2.45) is 0 Å². The zero-order chi connectivity index (χ0) is 17.3. The number of allylic oxidation sites excluding steroid dienone is 1. The van der Waals surface area contributed by atoms with E-state index in [2.05, 4.69) is 4.98 Å². The van der Waals surface area contributed by atoms with Crippen LogP contribution in [0.3, 0.4) is 0 Å². The Hall–Kier alpha value is -2.85. The Balaban J connectivity index is 2.06. The topological polar surface area (TPSA) is 56.9 Å². The van der Waals surface area contributed by atoms with Crippen LogP contribution in [0.25, 0.3) is 21.9 Å². The first kappa shape index (κ1) is 16.0. The summed E-state index contributed by atoms with van der Waals surface area (Å²) >= 11 is 1.14. The summed E-state index contributed by atoms with van der Waals surface area (Å²) in [6, 6.07) is 11.6. The van der Waals surface area contributed by atoms with E-state index in [0.717, 1.165) is 23.5 Å². The van der Waals surface area contributed by atoms with E-state index in [1.54, 1.807) is 12.1 Å². The number of halogens is 3. The summed E-state index contributed by atoms with van der Waals surface area (Å²) in [6.45, 7) is 0. The van der Waals surface area contributed by atoms with Crippen LogP contribution in [-0.2, 0) is 6.18 Å². The summed E-state index contributed by atoms with van der Waals surface area (Å²) < 4.78 is 38.8. The zero-order valence-corrected chi connectivity index (χ0v) is 12.8. The van der Waals surface area contributed by atoms with Crippen molar-refractivity contribution in [2.75, 3.05) is 0 Å². The molecule has 0 saturated heterocycles. The number of alkyl halides is 3.